The molecule has 0 saturated carbocycles. The Morgan fingerprint density at radius 3 is 2.71 bits per heavy atom. The summed E-state index contributed by atoms with van der Waals surface area (Å²) in [6.45, 7) is 2.11. The lowest BCUT2D eigenvalue weighted by atomic mass is 9.78. The summed E-state index contributed by atoms with van der Waals surface area (Å²) >= 11 is 3.40. The molecule has 1 aromatic carbocycles. The summed E-state index contributed by atoms with van der Waals surface area (Å²) in [7, 11) is 3.24. The van der Waals surface area contributed by atoms with Crippen LogP contribution in [0.5, 0.6) is 5.75 Å². The highest BCUT2D eigenvalue weighted by Crippen LogP contribution is 2.32. The van der Waals surface area contributed by atoms with Gasteiger partial charge in [0, 0.05) is 18.9 Å². The lowest BCUT2D eigenvalue weighted by Gasteiger charge is -2.35. The first-order valence-electron chi connectivity index (χ1n) is 6.96. The molecule has 1 saturated heterocycles. The van der Waals surface area contributed by atoms with Crippen molar-refractivity contribution in [2.24, 2.45) is 5.41 Å². The first-order valence-corrected chi connectivity index (χ1v) is 7.75. The van der Waals surface area contributed by atoms with Gasteiger partial charge >= 0.3 is 0 Å². The maximum Gasteiger partial charge on any atom is 0.233 e. The van der Waals surface area contributed by atoms with Crippen molar-refractivity contribution in [1.82, 2.24) is 5.32 Å². The smallest absolute Gasteiger partial charge is 0.233 e. The first-order chi connectivity index (χ1) is 10.1. The van der Waals surface area contributed by atoms with Crippen LogP contribution in [0.25, 0.3) is 0 Å². The quantitative estimate of drug-likeness (QED) is 0.850. The highest BCUT2D eigenvalue weighted by molar-refractivity contribution is 9.10. The molecule has 0 unspecified atom stereocenters. The summed E-state index contributed by atoms with van der Waals surface area (Å²) in [5.41, 5.74) is 0.273. The van der Waals surface area contributed by atoms with Gasteiger partial charge in [-0.2, -0.15) is 0 Å². The van der Waals surface area contributed by atoms with E-state index in [1.54, 1.807) is 14.2 Å². The monoisotopic (exact) mass is 356 g/mol. The summed E-state index contributed by atoms with van der Waals surface area (Å²) in [5, 5.41) is 6.27. The van der Waals surface area contributed by atoms with E-state index >= 15 is 0 Å². The zero-order valence-corrected chi connectivity index (χ0v) is 14.0. The number of carbonyl (C=O) groups is 1. The van der Waals surface area contributed by atoms with Crippen molar-refractivity contribution in [3.05, 3.63) is 22.7 Å². The van der Waals surface area contributed by atoms with E-state index in [1.807, 2.05) is 18.2 Å². The number of halogens is 1. The molecule has 2 N–H and O–H groups in total. The average molecular weight is 357 g/mol. The predicted molar refractivity (Wildman–Crippen MR) is 85.7 cm³/mol. The minimum Gasteiger partial charge on any atom is -0.495 e. The SMILES string of the molecule is COCC1(C(=O)Nc2ccc(Br)c(OC)c2)CCNCC1. The Morgan fingerprint density at radius 2 is 2.10 bits per heavy atom. The van der Waals surface area contributed by atoms with Gasteiger partial charge in [0.2, 0.25) is 5.91 Å². The highest BCUT2D eigenvalue weighted by atomic mass is 79.9. The molecule has 6 heteroatoms. The molecule has 1 aromatic rings. The lowest BCUT2D eigenvalue weighted by Crippen LogP contribution is -2.47. The third-order valence-corrected chi connectivity index (χ3v) is 4.53. The molecular weight excluding hydrogens is 336 g/mol. The minimum absolute atomic E-state index is 0.00947. The third kappa shape index (κ3) is 3.75. The van der Waals surface area contributed by atoms with Gasteiger partial charge in [-0.25, -0.2) is 0 Å². The number of benzene rings is 1. The number of nitrogens with one attached hydrogen (secondary N) is 2. The lowest BCUT2D eigenvalue weighted by molar-refractivity contribution is -0.130. The van der Waals surface area contributed by atoms with Gasteiger partial charge in [0.15, 0.2) is 0 Å². The summed E-state index contributed by atoms with van der Waals surface area (Å²) in [6, 6.07) is 5.52. The third-order valence-electron chi connectivity index (χ3n) is 3.87. The van der Waals surface area contributed by atoms with Crippen LogP contribution in [0.1, 0.15) is 12.8 Å². The van der Waals surface area contributed by atoms with Gasteiger partial charge in [0.05, 0.1) is 23.6 Å². The van der Waals surface area contributed by atoms with Crippen LogP contribution in [0.3, 0.4) is 0 Å². The van der Waals surface area contributed by atoms with Gasteiger partial charge in [-0.1, -0.05) is 0 Å². The average Bonchev–Trinajstić information content (AvgIpc) is 2.50. The molecule has 1 fully saturated rings. The van der Waals surface area contributed by atoms with Crippen molar-refractivity contribution in [3.8, 4) is 5.75 Å². The van der Waals surface area contributed by atoms with Gasteiger partial charge in [-0.15, -0.1) is 0 Å². The number of ether oxygens (including phenoxy) is 2. The van der Waals surface area contributed by atoms with Crippen molar-refractivity contribution in [2.45, 2.75) is 12.8 Å². The van der Waals surface area contributed by atoms with Crippen molar-refractivity contribution < 1.29 is 14.3 Å². The summed E-state index contributed by atoms with van der Waals surface area (Å²) in [5.74, 6) is 0.703. The summed E-state index contributed by atoms with van der Waals surface area (Å²) in [4.78, 5) is 12.7. The standard InChI is InChI=1S/C15H21BrN2O3/c1-20-10-15(5-7-17-8-6-15)14(19)18-11-3-4-12(16)13(9-11)21-2/h3-4,9,17H,5-8,10H2,1-2H3,(H,18,19). The maximum atomic E-state index is 12.7. The number of methoxy groups -OCH3 is 2. The van der Waals surface area contributed by atoms with Crippen LogP contribution in [0, 0.1) is 5.41 Å². The van der Waals surface area contributed by atoms with Gasteiger partial charge < -0.3 is 20.1 Å². The van der Waals surface area contributed by atoms with Crippen LogP contribution < -0.4 is 15.4 Å². The predicted octanol–water partition coefficient (Wildman–Crippen LogP) is 2.41. The Hall–Kier alpha value is -1.11. The van der Waals surface area contributed by atoms with Gasteiger partial charge in [-0.3, -0.25) is 4.79 Å². The molecule has 0 aromatic heterocycles. The van der Waals surface area contributed by atoms with E-state index < -0.39 is 5.41 Å². The van der Waals surface area contributed by atoms with Crippen LogP contribution in [0.4, 0.5) is 5.69 Å². The van der Waals surface area contributed by atoms with Crippen molar-refractivity contribution in [3.63, 3.8) is 0 Å². The molecule has 0 aliphatic carbocycles. The number of piperidine rings is 1. The molecule has 1 aliphatic heterocycles. The van der Waals surface area contributed by atoms with Crippen molar-refractivity contribution >= 4 is 27.5 Å². The number of carbonyl (C=O) groups excluding carboxylic acids is 1. The van der Waals surface area contributed by atoms with Crippen molar-refractivity contribution in [1.29, 1.82) is 0 Å². The first kappa shape index (κ1) is 16.3. The number of hydrogen-bond acceptors (Lipinski definition) is 4. The number of anilines is 1. The van der Waals surface area contributed by atoms with E-state index in [-0.39, 0.29) is 5.91 Å². The fourth-order valence-electron chi connectivity index (χ4n) is 2.62. The molecule has 0 bridgehead atoms. The second-order valence-corrected chi connectivity index (χ2v) is 6.12. The zero-order valence-electron chi connectivity index (χ0n) is 12.4. The van der Waals surface area contributed by atoms with E-state index in [4.69, 9.17) is 9.47 Å². The fraction of sp³-hybridized carbons (Fsp3) is 0.533. The molecule has 0 spiro atoms. The maximum absolute atomic E-state index is 12.7. The number of hydrogen-bond donors (Lipinski definition) is 2. The molecule has 0 radical (unpaired) electrons. The normalized spacial score (nSPS) is 17.3. The largest absolute Gasteiger partial charge is 0.495 e. The Labute approximate surface area is 133 Å². The minimum atomic E-state index is -0.458. The molecule has 1 heterocycles. The van der Waals surface area contributed by atoms with E-state index in [9.17, 15) is 4.79 Å². The molecule has 1 amide bonds. The van der Waals surface area contributed by atoms with Crippen LogP contribution in [-0.4, -0.2) is 39.8 Å². The van der Waals surface area contributed by atoms with Crippen LogP contribution >= 0.6 is 15.9 Å². The van der Waals surface area contributed by atoms with E-state index in [2.05, 4.69) is 26.6 Å². The Kier molecular flexibility index (Phi) is 5.61. The summed E-state index contributed by atoms with van der Waals surface area (Å²) < 4.78 is 11.4. The topological polar surface area (TPSA) is 59.6 Å². The zero-order chi connectivity index (χ0) is 15.3. The molecular formula is C15H21BrN2O3. The molecule has 116 valence electrons. The number of rotatable bonds is 5. The number of amides is 1. The molecule has 0 atom stereocenters. The fourth-order valence-corrected chi connectivity index (χ4v) is 3.03. The summed E-state index contributed by atoms with van der Waals surface area (Å²) in [6.07, 6.45) is 1.56. The highest BCUT2D eigenvalue weighted by Gasteiger charge is 2.39. The van der Waals surface area contributed by atoms with Crippen LogP contribution in [0.15, 0.2) is 22.7 Å². The second-order valence-electron chi connectivity index (χ2n) is 5.27. The Bertz CT molecular complexity index is 496. The molecule has 1 aliphatic rings. The van der Waals surface area contributed by atoms with E-state index in [0.29, 0.717) is 12.4 Å². The Balaban J connectivity index is 2.15. The van der Waals surface area contributed by atoms with Crippen LogP contribution in [0.2, 0.25) is 0 Å². The molecule has 2 rings (SSSR count). The van der Waals surface area contributed by atoms with Crippen LogP contribution in [-0.2, 0) is 9.53 Å². The van der Waals surface area contributed by atoms with E-state index in [0.717, 1.165) is 36.1 Å². The molecule has 5 nitrogen and oxygen atoms in total. The van der Waals surface area contributed by atoms with Crippen molar-refractivity contribution in [2.75, 3.05) is 39.2 Å². The molecule has 21 heavy (non-hydrogen) atoms. The Morgan fingerprint density at radius 1 is 1.38 bits per heavy atom. The van der Waals surface area contributed by atoms with Gasteiger partial charge in [-0.05, 0) is 54.0 Å². The van der Waals surface area contributed by atoms with Gasteiger partial charge in [0.25, 0.3) is 0 Å². The van der Waals surface area contributed by atoms with Gasteiger partial charge in [0.1, 0.15) is 5.75 Å². The second kappa shape index (κ2) is 7.24. The van der Waals surface area contributed by atoms with E-state index in [1.165, 1.54) is 0 Å².